The van der Waals surface area contributed by atoms with Gasteiger partial charge in [-0.1, -0.05) is 6.92 Å². The summed E-state index contributed by atoms with van der Waals surface area (Å²) in [4.78, 5) is 11.5. The zero-order valence-corrected chi connectivity index (χ0v) is 10.2. The topological polar surface area (TPSA) is 29.1 Å². The van der Waals surface area contributed by atoms with Crippen molar-refractivity contribution >= 4 is 29.3 Å². The van der Waals surface area contributed by atoms with E-state index in [4.69, 9.17) is 11.6 Å². The van der Waals surface area contributed by atoms with Gasteiger partial charge in [-0.25, -0.2) is 0 Å². The highest BCUT2D eigenvalue weighted by Gasteiger charge is 2.22. The maximum atomic E-state index is 11.5. The lowest BCUT2D eigenvalue weighted by atomic mass is 10.2. The second-order valence-corrected chi connectivity index (χ2v) is 5.51. The van der Waals surface area contributed by atoms with E-state index in [2.05, 4.69) is 12.2 Å². The predicted molar refractivity (Wildman–Crippen MR) is 63.0 cm³/mol. The van der Waals surface area contributed by atoms with Crippen LogP contribution in [0.2, 0.25) is 0 Å². The Morgan fingerprint density at radius 1 is 1.71 bits per heavy atom. The Kier molecular flexibility index (Phi) is 5.71. The number of carbonyl (C=O) groups excluding carboxylic acids is 1. The van der Waals surface area contributed by atoms with Crippen LogP contribution < -0.4 is 5.32 Å². The molecule has 1 N–H and O–H groups in total. The normalized spacial score (nSPS) is 23.4. The van der Waals surface area contributed by atoms with Crippen molar-refractivity contribution in [3.63, 3.8) is 0 Å². The first-order valence-corrected chi connectivity index (χ1v) is 6.76. The second-order valence-electron chi connectivity index (χ2n) is 3.59. The van der Waals surface area contributed by atoms with Crippen LogP contribution in [0.5, 0.6) is 0 Å². The first kappa shape index (κ1) is 12.2. The first-order chi connectivity index (χ1) is 6.74. The number of amides is 1. The number of rotatable bonds is 5. The van der Waals surface area contributed by atoms with E-state index in [0.29, 0.717) is 0 Å². The average molecular weight is 236 g/mol. The molecule has 1 aliphatic heterocycles. The van der Waals surface area contributed by atoms with Gasteiger partial charge >= 0.3 is 0 Å². The van der Waals surface area contributed by atoms with Crippen molar-refractivity contribution in [1.82, 2.24) is 5.32 Å². The minimum absolute atomic E-state index is 0.199. The highest BCUT2D eigenvalue weighted by molar-refractivity contribution is 8.00. The fraction of sp³-hybridized carbons (Fsp3) is 0.900. The molecule has 1 aliphatic rings. The van der Waals surface area contributed by atoms with E-state index in [-0.39, 0.29) is 16.5 Å². The number of thioether (sulfide) groups is 1. The minimum atomic E-state index is 0.199. The van der Waals surface area contributed by atoms with E-state index in [9.17, 15) is 4.79 Å². The number of hydrogen-bond acceptors (Lipinski definition) is 2. The lowest BCUT2D eigenvalue weighted by Crippen LogP contribution is -2.32. The van der Waals surface area contributed by atoms with Crippen LogP contribution in [0, 0.1) is 0 Å². The zero-order valence-electron chi connectivity index (χ0n) is 8.59. The molecule has 0 aliphatic carbocycles. The predicted octanol–water partition coefficient (Wildman–Crippen LogP) is 2.41. The van der Waals surface area contributed by atoms with Gasteiger partial charge in [0.1, 0.15) is 0 Å². The standard InChI is InChI=1S/C10H18ClNOS/c1-2-8(11)5-6-12-10(13)9-4-3-7-14-9/h8-9H,2-7H2,1H3,(H,12,13). The maximum absolute atomic E-state index is 11.5. The summed E-state index contributed by atoms with van der Waals surface area (Å²) in [7, 11) is 0. The van der Waals surface area contributed by atoms with Gasteiger partial charge in [0, 0.05) is 11.9 Å². The molecule has 0 aromatic rings. The van der Waals surface area contributed by atoms with Crippen molar-refractivity contribution in [1.29, 1.82) is 0 Å². The summed E-state index contributed by atoms with van der Waals surface area (Å²) in [5.74, 6) is 1.33. The van der Waals surface area contributed by atoms with Crippen LogP contribution in [0.15, 0.2) is 0 Å². The van der Waals surface area contributed by atoms with Gasteiger partial charge in [-0.15, -0.1) is 23.4 Å². The van der Waals surface area contributed by atoms with Crippen LogP contribution in [0.4, 0.5) is 0 Å². The molecule has 2 atom stereocenters. The lowest BCUT2D eigenvalue weighted by Gasteiger charge is -2.11. The Hall–Kier alpha value is 0.110. The van der Waals surface area contributed by atoms with Crippen LogP contribution in [0.3, 0.4) is 0 Å². The van der Waals surface area contributed by atoms with E-state index < -0.39 is 0 Å². The smallest absolute Gasteiger partial charge is 0.233 e. The summed E-state index contributed by atoms with van der Waals surface area (Å²) < 4.78 is 0. The molecule has 0 saturated carbocycles. The van der Waals surface area contributed by atoms with Gasteiger partial charge in [0.25, 0.3) is 0 Å². The fourth-order valence-electron chi connectivity index (χ4n) is 1.45. The Morgan fingerprint density at radius 2 is 2.50 bits per heavy atom. The SMILES string of the molecule is CCC(Cl)CCNC(=O)C1CCCS1. The Balaban J connectivity index is 2.08. The molecule has 0 spiro atoms. The molecular weight excluding hydrogens is 218 g/mol. The third-order valence-corrected chi connectivity index (χ3v) is 4.33. The lowest BCUT2D eigenvalue weighted by molar-refractivity contribution is -0.120. The molecule has 0 bridgehead atoms. The molecule has 1 heterocycles. The van der Waals surface area contributed by atoms with Gasteiger partial charge in [-0.2, -0.15) is 0 Å². The number of halogens is 1. The van der Waals surface area contributed by atoms with Gasteiger partial charge < -0.3 is 5.32 Å². The molecule has 0 radical (unpaired) electrons. The molecule has 0 aromatic carbocycles. The summed E-state index contributed by atoms with van der Waals surface area (Å²) in [5.41, 5.74) is 0. The van der Waals surface area contributed by atoms with Crippen LogP contribution in [-0.4, -0.2) is 28.8 Å². The summed E-state index contributed by atoms with van der Waals surface area (Å²) in [6, 6.07) is 0. The van der Waals surface area contributed by atoms with Crippen molar-refractivity contribution in [2.75, 3.05) is 12.3 Å². The molecule has 82 valence electrons. The van der Waals surface area contributed by atoms with E-state index in [0.717, 1.165) is 31.6 Å². The van der Waals surface area contributed by atoms with Crippen molar-refractivity contribution < 1.29 is 4.79 Å². The van der Waals surface area contributed by atoms with Crippen LogP contribution in [0.1, 0.15) is 32.6 Å². The highest BCUT2D eigenvalue weighted by Crippen LogP contribution is 2.25. The number of nitrogens with one attached hydrogen (secondary N) is 1. The Morgan fingerprint density at radius 3 is 3.07 bits per heavy atom. The summed E-state index contributed by atoms with van der Waals surface area (Å²) in [5, 5.41) is 3.35. The quantitative estimate of drug-likeness (QED) is 0.742. The molecular formula is C10H18ClNOS. The molecule has 2 nitrogen and oxygen atoms in total. The third-order valence-electron chi connectivity index (χ3n) is 2.42. The number of carbonyl (C=O) groups is 1. The Labute approximate surface area is 95.2 Å². The molecule has 2 unspecified atom stereocenters. The van der Waals surface area contributed by atoms with Crippen molar-refractivity contribution in [2.45, 2.75) is 43.2 Å². The molecule has 0 aromatic heterocycles. The molecule has 1 fully saturated rings. The van der Waals surface area contributed by atoms with E-state index >= 15 is 0 Å². The minimum Gasteiger partial charge on any atom is -0.355 e. The second kappa shape index (κ2) is 6.57. The number of alkyl halides is 1. The van der Waals surface area contributed by atoms with Gasteiger partial charge in [-0.05, 0) is 31.4 Å². The van der Waals surface area contributed by atoms with E-state index in [1.165, 1.54) is 6.42 Å². The summed E-state index contributed by atoms with van der Waals surface area (Å²) in [6.07, 6.45) is 4.06. The van der Waals surface area contributed by atoms with Gasteiger partial charge in [0.05, 0.1) is 5.25 Å². The monoisotopic (exact) mass is 235 g/mol. The maximum Gasteiger partial charge on any atom is 0.233 e. The van der Waals surface area contributed by atoms with Crippen LogP contribution in [-0.2, 0) is 4.79 Å². The van der Waals surface area contributed by atoms with E-state index in [1.807, 2.05) is 0 Å². The Bertz CT molecular complexity index is 183. The van der Waals surface area contributed by atoms with Gasteiger partial charge in [0.2, 0.25) is 5.91 Å². The molecule has 14 heavy (non-hydrogen) atoms. The zero-order chi connectivity index (χ0) is 10.4. The summed E-state index contributed by atoms with van der Waals surface area (Å²) in [6.45, 7) is 2.78. The largest absolute Gasteiger partial charge is 0.355 e. The average Bonchev–Trinajstić information content (AvgIpc) is 2.70. The van der Waals surface area contributed by atoms with Gasteiger partial charge in [-0.3, -0.25) is 4.79 Å². The molecule has 1 saturated heterocycles. The van der Waals surface area contributed by atoms with E-state index in [1.54, 1.807) is 11.8 Å². The number of hydrogen-bond donors (Lipinski definition) is 1. The molecule has 4 heteroatoms. The van der Waals surface area contributed by atoms with Crippen molar-refractivity contribution in [3.8, 4) is 0 Å². The molecule has 1 amide bonds. The van der Waals surface area contributed by atoms with Crippen LogP contribution in [0.25, 0.3) is 0 Å². The fourth-order valence-corrected chi connectivity index (χ4v) is 2.75. The summed E-state index contributed by atoms with van der Waals surface area (Å²) >= 11 is 7.72. The van der Waals surface area contributed by atoms with Gasteiger partial charge in [0.15, 0.2) is 0 Å². The highest BCUT2D eigenvalue weighted by atomic mass is 35.5. The molecule has 1 rings (SSSR count). The van der Waals surface area contributed by atoms with Crippen molar-refractivity contribution in [3.05, 3.63) is 0 Å². The first-order valence-electron chi connectivity index (χ1n) is 5.27. The van der Waals surface area contributed by atoms with Crippen molar-refractivity contribution in [2.24, 2.45) is 0 Å². The third kappa shape index (κ3) is 4.09. The van der Waals surface area contributed by atoms with Crippen LogP contribution >= 0.6 is 23.4 Å².